The van der Waals surface area contributed by atoms with Crippen LogP contribution in [0.2, 0.25) is 0 Å². The van der Waals surface area contributed by atoms with Gasteiger partial charge >= 0.3 is 0 Å². The number of amides is 1. The number of benzene rings is 2. The summed E-state index contributed by atoms with van der Waals surface area (Å²) in [6.45, 7) is 7.14. The van der Waals surface area contributed by atoms with Crippen molar-refractivity contribution in [1.82, 2.24) is 10.2 Å². The first-order valence-corrected chi connectivity index (χ1v) is 11.5. The van der Waals surface area contributed by atoms with Gasteiger partial charge in [-0.2, -0.15) is 0 Å². The molecule has 1 amide bonds. The van der Waals surface area contributed by atoms with E-state index in [1.165, 1.54) is 43.6 Å². The first-order chi connectivity index (χ1) is 15.0. The molecule has 0 radical (unpaired) electrons. The van der Waals surface area contributed by atoms with Crippen molar-refractivity contribution in [1.29, 1.82) is 0 Å². The molecule has 2 saturated heterocycles. The lowest BCUT2D eigenvalue weighted by Gasteiger charge is -2.36. The van der Waals surface area contributed by atoms with E-state index in [9.17, 15) is 9.18 Å². The van der Waals surface area contributed by atoms with Crippen molar-refractivity contribution in [2.45, 2.75) is 51.1 Å². The Morgan fingerprint density at radius 2 is 1.90 bits per heavy atom. The molecule has 1 N–H and O–H groups in total. The minimum atomic E-state index is -0.731. The molecule has 2 aromatic rings. The highest BCUT2D eigenvalue weighted by Crippen LogP contribution is 2.35. The van der Waals surface area contributed by atoms with Crippen molar-refractivity contribution in [3.05, 3.63) is 71.0 Å². The highest BCUT2D eigenvalue weighted by molar-refractivity contribution is 5.88. The molecular weight excluding hydrogens is 391 g/mol. The van der Waals surface area contributed by atoms with Crippen LogP contribution in [-0.4, -0.2) is 37.1 Å². The lowest BCUT2D eigenvalue weighted by molar-refractivity contribution is -0.130. The van der Waals surface area contributed by atoms with Crippen LogP contribution in [0.15, 0.2) is 48.5 Å². The molecule has 4 nitrogen and oxygen atoms in total. The molecule has 4 rings (SSSR count). The van der Waals surface area contributed by atoms with E-state index in [2.05, 4.69) is 41.4 Å². The van der Waals surface area contributed by atoms with Gasteiger partial charge in [0.1, 0.15) is 5.82 Å². The summed E-state index contributed by atoms with van der Waals surface area (Å²) in [4.78, 5) is 15.8. The largest absolute Gasteiger partial charge is 0.381 e. The third-order valence-corrected chi connectivity index (χ3v) is 6.78. The van der Waals surface area contributed by atoms with E-state index in [0.29, 0.717) is 32.6 Å². The Bertz CT molecular complexity index is 877. The number of nitrogens with zero attached hydrogens (tertiary/aromatic N) is 1. The highest BCUT2D eigenvalue weighted by atomic mass is 19.1. The van der Waals surface area contributed by atoms with Gasteiger partial charge in [-0.15, -0.1) is 0 Å². The van der Waals surface area contributed by atoms with Crippen molar-refractivity contribution in [3.63, 3.8) is 0 Å². The second-order valence-corrected chi connectivity index (χ2v) is 9.19. The van der Waals surface area contributed by atoms with Gasteiger partial charge in [0.2, 0.25) is 5.91 Å². The molecule has 5 heteroatoms. The third-order valence-electron chi connectivity index (χ3n) is 6.78. The number of carbonyl (C=O) groups is 1. The van der Waals surface area contributed by atoms with Gasteiger partial charge in [-0.25, -0.2) is 4.39 Å². The quantitative estimate of drug-likeness (QED) is 0.746. The van der Waals surface area contributed by atoms with Crippen LogP contribution < -0.4 is 5.32 Å². The number of carbonyl (C=O) groups excluding carboxylic acids is 1. The molecule has 2 aromatic carbocycles. The van der Waals surface area contributed by atoms with Crippen LogP contribution in [0.4, 0.5) is 4.39 Å². The fraction of sp³-hybridized carbons (Fsp3) is 0.500. The first kappa shape index (κ1) is 22.0. The summed E-state index contributed by atoms with van der Waals surface area (Å²) in [6, 6.07) is 15.0. The number of rotatable bonds is 6. The number of likely N-dealkylation sites (tertiary alicyclic amines) is 1. The Hall–Kier alpha value is -2.24. The van der Waals surface area contributed by atoms with Crippen LogP contribution >= 0.6 is 0 Å². The zero-order chi connectivity index (χ0) is 21.7. The Labute approximate surface area is 184 Å². The predicted molar refractivity (Wildman–Crippen MR) is 120 cm³/mol. The van der Waals surface area contributed by atoms with Crippen molar-refractivity contribution in [3.8, 4) is 0 Å². The van der Waals surface area contributed by atoms with Gasteiger partial charge in [-0.05, 0) is 67.0 Å². The zero-order valence-corrected chi connectivity index (χ0v) is 18.4. The summed E-state index contributed by atoms with van der Waals surface area (Å²) in [7, 11) is 0. The van der Waals surface area contributed by atoms with Crippen LogP contribution in [0.3, 0.4) is 0 Å². The molecule has 1 atom stereocenters. The fourth-order valence-corrected chi connectivity index (χ4v) is 4.96. The lowest BCUT2D eigenvalue weighted by Crippen LogP contribution is -2.47. The average Bonchev–Trinajstić information content (AvgIpc) is 2.79. The molecule has 0 aliphatic carbocycles. The molecule has 0 spiro atoms. The number of piperidine rings is 1. The topological polar surface area (TPSA) is 41.6 Å². The van der Waals surface area contributed by atoms with Crippen molar-refractivity contribution < 1.29 is 13.9 Å². The Balaban J connectivity index is 1.38. The van der Waals surface area contributed by atoms with Gasteiger partial charge in [0.15, 0.2) is 0 Å². The Morgan fingerprint density at radius 1 is 1.16 bits per heavy atom. The molecule has 166 valence electrons. The average molecular weight is 425 g/mol. The summed E-state index contributed by atoms with van der Waals surface area (Å²) in [6.07, 6.45) is 3.74. The summed E-state index contributed by atoms with van der Waals surface area (Å²) in [5.41, 5.74) is 2.39. The van der Waals surface area contributed by atoms with Gasteiger partial charge < -0.3 is 10.1 Å². The molecule has 0 aromatic heterocycles. The fourth-order valence-electron chi connectivity index (χ4n) is 4.96. The van der Waals surface area contributed by atoms with Crippen LogP contribution in [0.1, 0.15) is 49.3 Å². The number of ether oxygens (including phenoxy) is 1. The SMILES string of the molecule is CC1CCCN(Cc2ccc(CNC(=O)C3(c4cccc(F)c4)CCOCC3)cc2)C1. The molecule has 0 saturated carbocycles. The molecule has 2 aliphatic heterocycles. The smallest absolute Gasteiger partial charge is 0.231 e. The molecule has 31 heavy (non-hydrogen) atoms. The van der Waals surface area contributed by atoms with E-state index in [4.69, 9.17) is 4.74 Å². The standard InChI is InChI=1S/C26H33FN2O2/c1-20-4-3-13-29(18-20)19-22-9-7-21(8-10-22)17-28-25(30)26(11-14-31-15-12-26)23-5-2-6-24(27)16-23/h2,5-10,16,20H,3-4,11-15,17-19H2,1H3,(H,28,30). The second-order valence-electron chi connectivity index (χ2n) is 9.19. The molecule has 2 aliphatic rings. The van der Waals surface area contributed by atoms with E-state index in [1.807, 2.05) is 6.07 Å². The monoisotopic (exact) mass is 424 g/mol. The van der Waals surface area contributed by atoms with Gasteiger partial charge in [0.05, 0.1) is 5.41 Å². The highest BCUT2D eigenvalue weighted by Gasteiger charge is 2.41. The molecule has 0 bridgehead atoms. The Morgan fingerprint density at radius 3 is 2.61 bits per heavy atom. The number of hydrogen-bond donors (Lipinski definition) is 1. The lowest BCUT2D eigenvalue weighted by atomic mass is 9.73. The summed E-state index contributed by atoms with van der Waals surface area (Å²) >= 11 is 0. The summed E-state index contributed by atoms with van der Waals surface area (Å²) in [5.74, 6) is 0.418. The van der Waals surface area contributed by atoms with E-state index in [-0.39, 0.29) is 11.7 Å². The van der Waals surface area contributed by atoms with Gasteiger partial charge in [-0.1, -0.05) is 43.3 Å². The van der Waals surface area contributed by atoms with Gasteiger partial charge in [0.25, 0.3) is 0 Å². The van der Waals surface area contributed by atoms with Crippen LogP contribution in [0.5, 0.6) is 0 Å². The Kier molecular flexibility index (Phi) is 7.03. The number of halogens is 1. The molecule has 1 unspecified atom stereocenters. The van der Waals surface area contributed by atoms with Gasteiger partial charge in [-0.3, -0.25) is 9.69 Å². The minimum absolute atomic E-state index is 0.0484. The normalized spacial score (nSPS) is 21.5. The number of nitrogens with one attached hydrogen (secondary N) is 1. The van der Waals surface area contributed by atoms with E-state index < -0.39 is 5.41 Å². The van der Waals surface area contributed by atoms with Crippen molar-refractivity contribution >= 4 is 5.91 Å². The van der Waals surface area contributed by atoms with Crippen LogP contribution in [-0.2, 0) is 28.0 Å². The summed E-state index contributed by atoms with van der Waals surface area (Å²) in [5, 5.41) is 3.11. The van der Waals surface area contributed by atoms with E-state index in [1.54, 1.807) is 6.07 Å². The molecule has 2 heterocycles. The maximum Gasteiger partial charge on any atom is 0.231 e. The van der Waals surface area contributed by atoms with Crippen molar-refractivity contribution in [2.75, 3.05) is 26.3 Å². The van der Waals surface area contributed by atoms with Crippen LogP contribution in [0.25, 0.3) is 0 Å². The maximum atomic E-state index is 13.9. The predicted octanol–water partition coefficient (Wildman–Crippen LogP) is 4.42. The maximum absolute atomic E-state index is 13.9. The minimum Gasteiger partial charge on any atom is -0.381 e. The third kappa shape index (κ3) is 5.34. The molecule has 2 fully saturated rings. The zero-order valence-electron chi connectivity index (χ0n) is 18.4. The van der Waals surface area contributed by atoms with Gasteiger partial charge in [0, 0.05) is 32.8 Å². The van der Waals surface area contributed by atoms with Crippen molar-refractivity contribution in [2.24, 2.45) is 5.92 Å². The number of hydrogen-bond acceptors (Lipinski definition) is 3. The van der Waals surface area contributed by atoms with E-state index in [0.717, 1.165) is 23.6 Å². The van der Waals surface area contributed by atoms with Crippen LogP contribution in [0, 0.1) is 11.7 Å². The first-order valence-electron chi connectivity index (χ1n) is 11.5. The second kappa shape index (κ2) is 9.92. The van der Waals surface area contributed by atoms with E-state index >= 15 is 0 Å². The summed E-state index contributed by atoms with van der Waals surface area (Å²) < 4.78 is 19.4. The molecular formula is C26H33FN2O2.